The summed E-state index contributed by atoms with van der Waals surface area (Å²) in [5.74, 6) is -1.37. The first-order valence-electron chi connectivity index (χ1n) is 7.39. The number of rotatable bonds is 6. The largest absolute Gasteiger partial charge is 0.481 e. The van der Waals surface area contributed by atoms with Gasteiger partial charge in [-0.15, -0.1) is 5.10 Å². The van der Waals surface area contributed by atoms with Crippen molar-refractivity contribution in [1.29, 1.82) is 0 Å². The van der Waals surface area contributed by atoms with Gasteiger partial charge in [0.2, 0.25) is 0 Å². The summed E-state index contributed by atoms with van der Waals surface area (Å²) in [6, 6.07) is 8.60. The highest BCUT2D eigenvalue weighted by atomic mass is 16.5. The second kappa shape index (κ2) is 6.95. The van der Waals surface area contributed by atoms with E-state index in [-0.39, 0.29) is 12.1 Å². The fourth-order valence-electron chi connectivity index (χ4n) is 2.27. The molecule has 0 spiro atoms. The second-order valence-corrected chi connectivity index (χ2v) is 5.28. The summed E-state index contributed by atoms with van der Waals surface area (Å²) in [6.07, 6.45) is 3.38. The highest BCUT2D eigenvalue weighted by Gasteiger charge is 2.10. The molecule has 0 amide bonds. The fourth-order valence-corrected chi connectivity index (χ4v) is 2.27. The number of ether oxygens (including phenoxy) is 1. The zero-order valence-corrected chi connectivity index (χ0v) is 13.4. The molecule has 0 fully saturated rings. The second-order valence-electron chi connectivity index (χ2n) is 5.28. The maximum absolute atomic E-state index is 11.4. The number of nitrogens with zero attached hydrogens (tertiary/aromatic N) is 5. The lowest BCUT2D eigenvalue weighted by Gasteiger charge is -2.01. The van der Waals surface area contributed by atoms with Crippen molar-refractivity contribution in [1.82, 2.24) is 24.8 Å². The van der Waals surface area contributed by atoms with E-state index in [0.717, 1.165) is 5.69 Å². The van der Waals surface area contributed by atoms with Gasteiger partial charge in [-0.25, -0.2) is 9.48 Å². The van der Waals surface area contributed by atoms with E-state index in [4.69, 9.17) is 5.11 Å². The lowest BCUT2D eigenvalue weighted by atomic mass is 10.1. The monoisotopic (exact) mass is 341 g/mol. The molecule has 2 heterocycles. The van der Waals surface area contributed by atoms with Crippen LogP contribution in [0.5, 0.6) is 0 Å². The third kappa shape index (κ3) is 3.89. The summed E-state index contributed by atoms with van der Waals surface area (Å²) in [6.45, 7) is 0.355. The first kappa shape index (κ1) is 16.4. The Morgan fingerprint density at radius 1 is 1.20 bits per heavy atom. The summed E-state index contributed by atoms with van der Waals surface area (Å²) in [7, 11) is 1.30. The van der Waals surface area contributed by atoms with E-state index in [9.17, 15) is 9.59 Å². The normalized spacial score (nSPS) is 10.6. The van der Waals surface area contributed by atoms with Crippen LogP contribution in [0.25, 0.3) is 5.69 Å². The Bertz CT molecular complexity index is 897. The lowest BCUT2D eigenvalue weighted by molar-refractivity contribution is -0.136. The van der Waals surface area contributed by atoms with Crippen molar-refractivity contribution < 1.29 is 19.4 Å². The van der Waals surface area contributed by atoms with Crippen molar-refractivity contribution in [3.05, 3.63) is 59.7 Å². The van der Waals surface area contributed by atoms with Crippen LogP contribution in [0.1, 0.15) is 21.7 Å². The van der Waals surface area contributed by atoms with E-state index in [0.29, 0.717) is 17.8 Å². The number of aliphatic carboxylic acids is 1. The Hall–Kier alpha value is -3.49. The van der Waals surface area contributed by atoms with Gasteiger partial charge in [0.05, 0.1) is 32.0 Å². The Morgan fingerprint density at radius 2 is 1.96 bits per heavy atom. The van der Waals surface area contributed by atoms with Gasteiger partial charge in [-0.3, -0.25) is 9.48 Å². The summed E-state index contributed by atoms with van der Waals surface area (Å²) < 4.78 is 7.77. The molecule has 0 atom stereocenters. The number of carboxylic acid groups (broad SMARTS) is 1. The van der Waals surface area contributed by atoms with E-state index in [1.165, 1.54) is 7.11 Å². The zero-order chi connectivity index (χ0) is 17.8. The van der Waals surface area contributed by atoms with Gasteiger partial charge < -0.3 is 9.84 Å². The third-order valence-corrected chi connectivity index (χ3v) is 3.46. The van der Waals surface area contributed by atoms with Crippen LogP contribution < -0.4 is 0 Å². The molecule has 0 bridgehead atoms. The summed E-state index contributed by atoms with van der Waals surface area (Å²) in [5.41, 5.74) is 2.37. The van der Waals surface area contributed by atoms with Gasteiger partial charge in [0.25, 0.3) is 0 Å². The third-order valence-electron chi connectivity index (χ3n) is 3.46. The molecule has 1 N–H and O–H groups in total. The number of hydrogen-bond donors (Lipinski definition) is 1. The molecule has 9 heteroatoms. The van der Waals surface area contributed by atoms with Crippen molar-refractivity contribution in [2.45, 2.75) is 13.0 Å². The lowest BCUT2D eigenvalue weighted by Crippen LogP contribution is -2.06. The molecule has 0 saturated carbocycles. The van der Waals surface area contributed by atoms with Crippen molar-refractivity contribution in [2.75, 3.05) is 7.11 Å². The molecule has 2 aromatic heterocycles. The van der Waals surface area contributed by atoms with Crippen LogP contribution in [-0.4, -0.2) is 48.9 Å². The summed E-state index contributed by atoms with van der Waals surface area (Å²) in [5, 5.41) is 21.0. The molecule has 0 aliphatic carbocycles. The molecule has 0 aliphatic heterocycles. The minimum atomic E-state index is -0.874. The smallest absolute Gasteiger partial charge is 0.358 e. The van der Waals surface area contributed by atoms with Crippen molar-refractivity contribution in [3.8, 4) is 5.69 Å². The van der Waals surface area contributed by atoms with Gasteiger partial charge in [-0.2, -0.15) is 5.10 Å². The van der Waals surface area contributed by atoms with Crippen LogP contribution in [0.2, 0.25) is 0 Å². The zero-order valence-electron chi connectivity index (χ0n) is 13.4. The van der Waals surface area contributed by atoms with E-state index in [1.807, 2.05) is 0 Å². The number of esters is 1. The SMILES string of the molecule is COC(=O)c1ccn(Cc2cn(-c3ccc(CC(=O)O)cc3)nn2)n1. The average Bonchev–Trinajstić information content (AvgIpc) is 3.24. The summed E-state index contributed by atoms with van der Waals surface area (Å²) in [4.78, 5) is 22.1. The highest BCUT2D eigenvalue weighted by Crippen LogP contribution is 2.10. The predicted molar refractivity (Wildman–Crippen MR) is 85.4 cm³/mol. The van der Waals surface area contributed by atoms with E-state index >= 15 is 0 Å². The quantitative estimate of drug-likeness (QED) is 0.664. The Balaban J connectivity index is 1.70. The van der Waals surface area contributed by atoms with E-state index in [1.54, 1.807) is 52.1 Å². The molecular formula is C16H15N5O4. The molecule has 0 saturated heterocycles. The number of carbonyl (C=O) groups excluding carboxylic acids is 1. The minimum Gasteiger partial charge on any atom is -0.481 e. The standard InChI is InChI=1S/C16H15N5O4/c1-25-16(24)14-6-7-20(18-14)9-12-10-21(19-17-12)13-4-2-11(3-5-13)8-15(22)23/h2-7,10H,8-9H2,1H3,(H,22,23). The van der Waals surface area contributed by atoms with Crippen LogP contribution in [0, 0.1) is 0 Å². The van der Waals surface area contributed by atoms with Gasteiger partial charge in [-0.1, -0.05) is 17.3 Å². The molecule has 0 unspecified atom stereocenters. The van der Waals surface area contributed by atoms with Crippen LogP contribution in [0.3, 0.4) is 0 Å². The molecule has 25 heavy (non-hydrogen) atoms. The van der Waals surface area contributed by atoms with Crippen LogP contribution >= 0.6 is 0 Å². The number of benzene rings is 1. The molecule has 9 nitrogen and oxygen atoms in total. The molecular weight excluding hydrogens is 326 g/mol. The molecule has 0 aliphatic rings. The van der Waals surface area contributed by atoms with Crippen molar-refractivity contribution >= 4 is 11.9 Å². The molecule has 1 aromatic carbocycles. The molecule has 3 rings (SSSR count). The first-order chi connectivity index (χ1) is 12.0. The Morgan fingerprint density at radius 3 is 2.64 bits per heavy atom. The number of hydrogen-bond acceptors (Lipinski definition) is 6. The van der Waals surface area contributed by atoms with Gasteiger partial charge in [0.1, 0.15) is 5.69 Å². The van der Waals surface area contributed by atoms with Gasteiger partial charge in [0, 0.05) is 6.20 Å². The molecule has 3 aromatic rings. The van der Waals surface area contributed by atoms with E-state index in [2.05, 4.69) is 20.1 Å². The molecule has 0 radical (unpaired) electrons. The van der Waals surface area contributed by atoms with Crippen LogP contribution in [0.15, 0.2) is 42.7 Å². The highest BCUT2D eigenvalue weighted by molar-refractivity contribution is 5.86. The maximum atomic E-state index is 11.4. The number of carbonyl (C=O) groups is 2. The van der Waals surface area contributed by atoms with E-state index < -0.39 is 11.9 Å². The Labute approximate surface area is 142 Å². The van der Waals surface area contributed by atoms with Gasteiger partial charge >= 0.3 is 11.9 Å². The number of methoxy groups -OCH3 is 1. The predicted octanol–water partition coefficient (Wildman–Crippen LogP) is 0.926. The van der Waals surface area contributed by atoms with Crippen LogP contribution in [0.4, 0.5) is 0 Å². The van der Waals surface area contributed by atoms with Gasteiger partial charge in [0.15, 0.2) is 5.69 Å². The fraction of sp³-hybridized carbons (Fsp3) is 0.188. The summed E-state index contributed by atoms with van der Waals surface area (Å²) >= 11 is 0. The number of aromatic nitrogens is 5. The Kier molecular flexibility index (Phi) is 4.55. The molecule has 128 valence electrons. The van der Waals surface area contributed by atoms with Gasteiger partial charge in [-0.05, 0) is 23.8 Å². The van der Waals surface area contributed by atoms with Crippen molar-refractivity contribution in [3.63, 3.8) is 0 Å². The van der Waals surface area contributed by atoms with Crippen molar-refractivity contribution in [2.24, 2.45) is 0 Å². The first-order valence-corrected chi connectivity index (χ1v) is 7.39. The topological polar surface area (TPSA) is 112 Å². The average molecular weight is 341 g/mol. The maximum Gasteiger partial charge on any atom is 0.358 e. The van der Waals surface area contributed by atoms with Crippen LogP contribution in [-0.2, 0) is 22.5 Å². The number of carboxylic acids is 1. The minimum absolute atomic E-state index is 0.0231.